The van der Waals surface area contributed by atoms with E-state index in [1.165, 1.54) is 0 Å². The Morgan fingerprint density at radius 1 is 1.38 bits per heavy atom. The van der Waals surface area contributed by atoms with Gasteiger partial charge in [0.05, 0.1) is 0 Å². The zero-order chi connectivity index (χ0) is 11.4. The van der Waals surface area contributed by atoms with Gasteiger partial charge in [-0.25, -0.2) is 0 Å². The number of aryl methyl sites for hydroxylation is 1. The van der Waals surface area contributed by atoms with E-state index >= 15 is 0 Å². The third kappa shape index (κ3) is 2.55. The molecule has 2 aromatic rings. The molecule has 0 aliphatic heterocycles. The number of rotatable bonds is 5. The smallest absolute Gasteiger partial charge is 0.177 e. The number of hydrogen-bond acceptors (Lipinski definition) is 4. The van der Waals surface area contributed by atoms with Gasteiger partial charge >= 0.3 is 0 Å². The number of aromatic nitrogens is 4. The summed E-state index contributed by atoms with van der Waals surface area (Å²) in [5, 5.41) is 15.8. The topological polar surface area (TPSA) is 55.1 Å². The van der Waals surface area contributed by atoms with Crippen molar-refractivity contribution in [2.45, 2.75) is 32.7 Å². The molecule has 0 spiro atoms. The van der Waals surface area contributed by atoms with Gasteiger partial charge in [-0.15, -0.1) is 10.2 Å². The molecule has 0 fully saturated rings. The first-order valence-electron chi connectivity index (χ1n) is 5.66. The minimum Gasteiger partial charge on any atom is -0.315 e. The molecule has 1 N–H and O–H groups in total. The zero-order valence-electron chi connectivity index (χ0n) is 9.72. The van der Waals surface area contributed by atoms with Gasteiger partial charge in [0.2, 0.25) is 0 Å². The van der Waals surface area contributed by atoms with Gasteiger partial charge in [-0.1, -0.05) is 13.8 Å². The number of nitrogens with one attached hydrogen (secondary N) is 1. The lowest BCUT2D eigenvalue weighted by molar-refractivity contribution is 0.563. The predicted octanol–water partition coefficient (Wildman–Crippen LogP) is 1.05. The fourth-order valence-electron chi connectivity index (χ4n) is 1.58. The minimum atomic E-state index is 0.535. The van der Waals surface area contributed by atoms with Crippen molar-refractivity contribution in [3.8, 4) is 0 Å². The molecule has 2 heterocycles. The lowest BCUT2D eigenvalue weighted by Gasteiger charge is -2.06. The van der Waals surface area contributed by atoms with Crippen molar-refractivity contribution >= 4 is 5.65 Å². The molecule has 5 nitrogen and oxygen atoms in total. The summed E-state index contributed by atoms with van der Waals surface area (Å²) in [5.74, 6) is 0.932. The standard InChI is InChI=1S/C11H17N5/c1-9(2)12-7-3-5-10-14-15-11-6-4-8-13-16(10)11/h4,6,8-9,12H,3,5,7H2,1-2H3. The number of fused-ring (bicyclic) bond motifs is 1. The van der Waals surface area contributed by atoms with Crippen molar-refractivity contribution in [3.63, 3.8) is 0 Å². The number of hydrogen-bond donors (Lipinski definition) is 1. The highest BCUT2D eigenvalue weighted by Gasteiger charge is 2.04. The summed E-state index contributed by atoms with van der Waals surface area (Å²) < 4.78 is 1.80. The van der Waals surface area contributed by atoms with E-state index in [4.69, 9.17) is 0 Å². The quantitative estimate of drug-likeness (QED) is 0.764. The Labute approximate surface area is 94.9 Å². The first-order valence-corrected chi connectivity index (χ1v) is 5.66. The van der Waals surface area contributed by atoms with E-state index in [1.807, 2.05) is 12.1 Å². The maximum absolute atomic E-state index is 4.23. The second-order valence-corrected chi connectivity index (χ2v) is 4.12. The molecule has 0 amide bonds. The summed E-state index contributed by atoms with van der Waals surface area (Å²) in [6, 6.07) is 4.32. The molecule has 5 heteroatoms. The van der Waals surface area contributed by atoms with E-state index in [0.29, 0.717) is 6.04 Å². The average Bonchev–Trinajstić information content (AvgIpc) is 2.68. The van der Waals surface area contributed by atoms with Crippen LogP contribution in [0.15, 0.2) is 18.3 Å². The van der Waals surface area contributed by atoms with Crippen LogP contribution in [0, 0.1) is 0 Å². The fraction of sp³-hybridized carbons (Fsp3) is 0.545. The maximum atomic E-state index is 4.23. The molecule has 0 bridgehead atoms. The maximum Gasteiger partial charge on any atom is 0.177 e. The van der Waals surface area contributed by atoms with Crippen LogP contribution in [-0.4, -0.2) is 32.4 Å². The van der Waals surface area contributed by atoms with Crippen molar-refractivity contribution in [3.05, 3.63) is 24.2 Å². The van der Waals surface area contributed by atoms with Crippen molar-refractivity contribution in [2.24, 2.45) is 0 Å². The van der Waals surface area contributed by atoms with Crippen LogP contribution in [0.1, 0.15) is 26.1 Å². The lowest BCUT2D eigenvalue weighted by atomic mass is 10.3. The van der Waals surface area contributed by atoms with Crippen LogP contribution in [0.2, 0.25) is 0 Å². The van der Waals surface area contributed by atoms with E-state index in [2.05, 4.69) is 34.5 Å². The van der Waals surface area contributed by atoms with Crippen LogP contribution in [-0.2, 0) is 6.42 Å². The molecule has 0 aliphatic rings. The van der Waals surface area contributed by atoms with E-state index in [1.54, 1.807) is 10.7 Å². The Bertz CT molecular complexity index is 448. The van der Waals surface area contributed by atoms with E-state index in [0.717, 1.165) is 30.9 Å². The molecule has 0 saturated heterocycles. The summed E-state index contributed by atoms with van der Waals surface area (Å²) in [6.45, 7) is 5.29. The average molecular weight is 219 g/mol. The van der Waals surface area contributed by atoms with Gasteiger partial charge < -0.3 is 5.32 Å². The highest BCUT2D eigenvalue weighted by atomic mass is 15.4. The molecule has 0 unspecified atom stereocenters. The summed E-state index contributed by atoms with van der Waals surface area (Å²) in [7, 11) is 0. The summed E-state index contributed by atoms with van der Waals surface area (Å²) >= 11 is 0. The van der Waals surface area contributed by atoms with Crippen molar-refractivity contribution < 1.29 is 0 Å². The van der Waals surface area contributed by atoms with Crippen LogP contribution in [0.5, 0.6) is 0 Å². The predicted molar refractivity (Wildman–Crippen MR) is 62.2 cm³/mol. The zero-order valence-corrected chi connectivity index (χ0v) is 9.72. The van der Waals surface area contributed by atoms with Crippen LogP contribution in [0.4, 0.5) is 0 Å². The Morgan fingerprint density at radius 2 is 2.25 bits per heavy atom. The molecule has 16 heavy (non-hydrogen) atoms. The summed E-state index contributed by atoms with van der Waals surface area (Å²) in [5.41, 5.74) is 0.814. The monoisotopic (exact) mass is 219 g/mol. The van der Waals surface area contributed by atoms with Crippen LogP contribution in [0.3, 0.4) is 0 Å². The summed E-state index contributed by atoms with van der Waals surface area (Å²) in [6.07, 6.45) is 3.71. The SMILES string of the molecule is CC(C)NCCCc1nnc2cccnn12. The third-order valence-electron chi connectivity index (χ3n) is 2.37. The van der Waals surface area contributed by atoms with Gasteiger partial charge in [0.25, 0.3) is 0 Å². The number of nitrogens with zero attached hydrogens (tertiary/aromatic N) is 4. The van der Waals surface area contributed by atoms with E-state index < -0.39 is 0 Å². The molecule has 0 aliphatic carbocycles. The normalized spacial score (nSPS) is 11.4. The van der Waals surface area contributed by atoms with Gasteiger partial charge in [0.15, 0.2) is 11.5 Å². The van der Waals surface area contributed by atoms with Gasteiger partial charge in [0.1, 0.15) is 0 Å². The molecule has 0 radical (unpaired) electrons. The molecular formula is C11H17N5. The largest absolute Gasteiger partial charge is 0.315 e. The second kappa shape index (κ2) is 5.03. The Balaban J connectivity index is 1.94. The van der Waals surface area contributed by atoms with E-state index in [-0.39, 0.29) is 0 Å². The van der Waals surface area contributed by atoms with Crippen LogP contribution in [0.25, 0.3) is 5.65 Å². The molecule has 0 atom stereocenters. The highest BCUT2D eigenvalue weighted by molar-refractivity contribution is 5.34. The Kier molecular flexibility index (Phi) is 3.46. The molecule has 0 saturated carbocycles. The summed E-state index contributed by atoms with van der Waals surface area (Å²) in [4.78, 5) is 0. The van der Waals surface area contributed by atoms with Crippen LogP contribution < -0.4 is 5.32 Å². The molecule has 2 rings (SSSR count). The van der Waals surface area contributed by atoms with Crippen molar-refractivity contribution in [1.82, 2.24) is 25.1 Å². The van der Waals surface area contributed by atoms with E-state index in [9.17, 15) is 0 Å². The second-order valence-electron chi connectivity index (χ2n) is 4.12. The first-order chi connectivity index (χ1) is 7.77. The van der Waals surface area contributed by atoms with Crippen molar-refractivity contribution in [2.75, 3.05) is 6.54 Å². The van der Waals surface area contributed by atoms with Gasteiger partial charge in [-0.05, 0) is 25.1 Å². The molecule has 0 aromatic carbocycles. The van der Waals surface area contributed by atoms with Gasteiger partial charge in [-0.2, -0.15) is 9.61 Å². The van der Waals surface area contributed by atoms with Crippen LogP contribution >= 0.6 is 0 Å². The van der Waals surface area contributed by atoms with Crippen molar-refractivity contribution in [1.29, 1.82) is 0 Å². The molecule has 2 aromatic heterocycles. The van der Waals surface area contributed by atoms with Gasteiger partial charge in [-0.3, -0.25) is 0 Å². The Morgan fingerprint density at radius 3 is 3.06 bits per heavy atom. The first kappa shape index (κ1) is 11.0. The third-order valence-corrected chi connectivity index (χ3v) is 2.37. The highest BCUT2D eigenvalue weighted by Crippen LogP contribution is 2.02. The fourth-order valence-corrected chi connectivity index (χ4v) is 1.58. The Hall–Kier alpha value is -1.49. The molecular weight excluding hydrogens is 202 g/mol. The molecule has 86 valence electrons. The lowest BCUT2D eigenvalue weighted by Crippen LogP contribution is -2.24. The minimum absolute atomic E-state index is 0.535. The van der Waals surface area contributed by atoms with Gasteiger partial charge in [0, 0.05) is 18.7 Å².